The first-order valence-corrected chi connectivity index (χ1v) is 5.97. The number of ether oxygens (including phenoxy) is 1. The van der Waals surface area contributed by atoms with Crippen LogP contribution in [0, 0.1) is 17.5 Å². The minimum Gasteiger partial charge on any atom is -0.495 e. The monoisotopic (exact) mass is 302 g/mol. The first kappa shape index (κ1) is 14.7. The van der Waals surface area contributed by atoms with Gasteiger partial charge in [0.05, 0.1) is 17.7 Å². The third kappa shape index (κ3) is 2.73. The highest BCUT2D eigenvalue weighted by Gasteiger charge is 2.21. The Morgan fingerprint density at radius 3 is 2.20 bits per heavy atom. The maximum Gasteiger partial charge on any atom is 0.137 e. The molecule has 2 rings (SSSR count). The van der Waals surface area contributed by atoms with Crippen LogP contribution in [0.1, 0.15) is 17.2 Å². The summed E-state index contributed by atoms with van der Waals surface area (Å²) in [4.78, 5) is 0. The van der Waals surface area contributed by atoms with Gasteiger partial charge in [-0.2, -0.15) is 0 Å². The van der Waals surface area contributed by atoms with Crippen molar-refractivity contribution in [2.24, 2.45) is 0 Å². The van der Waals surface area contributed by atoms with Crippen molar-refractivity contribution in [3.8, 4) is 5.75 Å². The Balaban J connectivity index is 2.46. The Hall–Kier alpha value is -1.72. The van der Waals surface area contributed by atoms with Crippen LogP contribution < -0.4 is 4.74 Å². The topological polar surface area (TPSA) is 29.5 Å². The van der Waals surface area contributed by atoms with E-state index >= 15 is 0 Å². The van der Waals surface area contributed by atoms with E-state index in [-0.39, 0.29) is 10.6 Å². The molecule has 1 atom stereocenters. The SMILES string of the molecule is COc1ccc(C(O)c2c(F)cc(F)cc2F)cc1Cl. The van der Waals surface area contributed by atoms with E-state index in [1.54, 1.807) is 0 Å². The lowest BCUT2D eigenvalue weighted by molar-refractivity contribution is 0.208. The van der Waals surface area contributed by atoms with E-state index in [9.17, 15) is 18.3 Å². The molecule has 0 spiro atoms. The normalized spacial score (nSPS) is 12.3. The molecule has 0 heterocycles. The highest BCUT2D eigenvalue weighted by Crippen LogP contribution is 2.32. The van der Waals surface area contributed by atoms with Crippen LogP contribution in [-0.2, 0) is 0 Å². The molecule has 0 bridgehead atoms. The van der Waals surface area contributed by atoms with Crippen LogP contribution in [-0.4, -0.2) is 12.2 Å². The van der Waals surface area contributed by atoms with Gasteiger partial charge < -0.3 is 9.84 Å². The Morgan fingerprint density at radius 2 is 1.70 bits per heavy atom. The zero-order valence-electron chi connectivity index (χ0n) is 10.3. The van der Waals surface area contributed by atoms with E-state index in [2.05, 4.69) is 0 Å². The molecule has 20 heavy (non-hydrogen) atoms. The summed E-state index contributed by atoms with van der Waals surface area (Å²) in [6.07, 6.45) is -1.60. The third-order valence-corrected chi connectivity index (χ3v) is 3.10. The molecule has 0 saturated carbocycles. The molecule has 2 nitrogen and oxygen atoms in total. The Labute approximate surface area is 118 Å². The number of hydrogen-bond donors (Lipinski definition) is 1. The lowest BCUT2D eigenvalue weighted by Gasteiger charge is -2.14. The second-order valence-corrected chi connectivity index (χ2v) is 4.49. The van der Waals surface area contributed by atoms with Gasteiger partial charge in [-0.05, 0) is 17.7 Å². The summed E-state index contributed by atoms with van der Waals surface area (Å²) in [7, 11) is 1.41. The summed E-state index contributed by atoms with van der Waals surface area (Å²) in [5, 5.41) is 10.2. The molecule has 1 N–H and O–H groups in total. The second kappa shape index (κ2) is 5.73. The van der Waals surface area contributed by atoms with Gasteiger partial charge in [-0.1, -0.05) is 17.7 Å². The van der Waals surface area contributed by atoms with Gasteiger partial charge >= 0.3 is 0 Å². The quantitative estimate of drug-likeness (QED) is 0.933. The molecule has 106 valence electrons. The minimum absolute atomic E-state index is 0.167. The van der Waals surface area contributed by atoms with E-state index in [1.807, 2.05) is 0 Å². The molecule has 0 aliphatic carbocycles. The predicted octanol–water partition coefficient (Wildman–Crippen LogP) is 3.85. The molecule has 0 saturated heterocycles. The molecule has 1 unspecified atom stereocenters. The van der Waals surface area contributed by atoms with Crippen LogP contribution in [0.2, 0.25) is 5.02 Å². The van der Waals surface area contributed by atoms with Crippen LogP contribution in [0.25, 0.3) is 0 Å². The fraction of sp³-hybridized carbons (Fsp3) is 0.143. The average Bonchev–Trinajstić information content (AvgIpc) is 2.37. The van der Waals surface area contributed by atoms with Gasteiger partial charge in [0.15, 0.2) is 0 Å². The van der Waals surface area contributed by atoms with Gasteiger partial charge in [0.1, 0.15) is 29.3 Å². The van der Waals surface area contributed by atoms with Crippen LogP contribution in [0.15, 0.2) is 30.3 Å². The van der Waals surface area contributed by atoms with E-state index < -0.39 is 29.1 Å². The summed E-state index contributed by atoms with van der Waals surface area (Å²) >= 11 is 5.88. The Kier molecular flexibility index (Phi) is 4.20. The smallest absolute Gasteiger partial charge is 0.137 e. The lowest BCUT2D eigenvalue weighted by Crippen LogP contribution is -2.06. The Morgan fingerprint density at radius 1 is 1.10 bits per heavy atom. The molecule has 0 amide bonds. The molecule has 0 fully saturated rings. The minimum atomic E-state index is -1.60. The number of rotatable bonds is 3. The maximum absolute atomic E-state index is 13.6. The number of benzene rings is 2. The molecule has 0 radical (unpaired) electrons. The summed E-state index contributed by atoms with van der Waals surface area (Å²) in [6, 6.07) is 5.21. The largest absolute Gasteiger partial charge is 0.495 e. The van der Waals surface area contributed by atoms with Crippen molar-refractivity contribution in [2.45, 2.75) is 6.10 Å². The van der Waals surface area contributed by atoms with E-state index in [1.165, 1.54) is 25.3 Å². The van der Waals surface area contributed by atoms with Gasteiger partial charge in [-0.15, -0.1) is 0 Å². The molecule has 0 aromatic heterocycles. The summed E-state index contributed by atoms with van der Waals surface area (Å²) in [5.41, 5.74) is -0.465. The number of halogens is 4. The molecule has 6 heteroatoms. The van der Waals surface area contributed by atoms with Crippen molar-refractivity contribution < 1.29 is 23.0 Å². The summed E-state index contributed by atoms with van der Waals surface area (Å²) in [5.74, 6) is -3.02. The van der Waals surface area contributed by atoms with Crippen molar-refractivity contribution in [1.82, 2.24) is 0 Å². The van der Waals surface area contributed by atoms with Crippen LogP contribution >= 0.6 is 11.6 Å². The standard InChI is InChI=1S/C14H10ClF3O2/c1-20-12-3-2-7(4-9(12)15)14(19)13-10(17)5-8(16)6-11(13)18/h2-6,14,19H,1H3. The van der Waals surface area contributed by atoms with Crippen LogP contribution in [0.4, 0.5) is 13.2 Å². The first-order chi connectivity index (χ1) is 9.43. The van der Waals surface area contributed by atoms with Gasteiger partial charge in [0, 0.05) is 12.1 Å². The molecular formula is C14H10ClF3O2. The molecular weight excluding hydrogens is 293 g/mol. The van der Waals surface area contributed by atoms with Gasteiger partial charge in [-0.3, -0.25) is 0 Å². The van der Waals surface area contributed by atoms with Crippen molar-refractivity contribution in [3.05, 3.63) is 63.9 Å². The van der Waals surface area contributed by atoms with Crippen LogP contribution in [0.3, 0.4) is 0 Å². The van der Waals surface area contributed by atoms with Crippen molar-refractivity contribution in [2.75, 3.05) is 7.11 Å². The van der Waals surface area contributed by atoms with E-state index in [4.69, 9.17) is 16.3 Å². The number of aliphatic hydroxyl groups is 1. The van der Waals surface area contributed by atoms with Crippen LogP contribution in [0.5, 0.6) is 5.75 Å². The molecule has 0 aliphatic rings. The molecule has 2 aromatic rings. The zero-order valence-corrected chi connectivity index (χ0v) is 11.1. The molecule has 2 aromatic carbocycles. The van der Waals surface area contributed by atoms with E-state index in [0.29, 0.717) is 17.9 Å². The number of methoxy groups -OCH3 is 1. The van der Waals surface area contributed by atoms with Gasteiger partial charge in [0.2, 0.25) is 0 Å². The van der Waals surface area contributed by atoms with Crippen molar-refractivity contribution in [1.29, 1.82) is 0 Å². The second-order valence-electron chi connectivity index (χ2n) is 4.08. The van der Waals surface area contributed by atoms with Crippen molar-refractivity contribution in [3.63, 3.8) is 0 Å². The van der Waals surface area contributed by atoms with E-state index in [0.717, 1.165) is 0 Å². The van der Waals surface area contributed by atoms with Crippen molar-refractivity contribution >= 4 is 11.6 Å². The summed E-state index contributed by atoms with van der Waals surface area (Å²) in [6.45, 7) is 0. The average molecular weight is 303 g/mol. The van der Waals surface area contributed by atoms with Gasteiger partial charge in [0.25, 0.3) is 0 Å². The fourth-order valence-electron chi connectivity index (χ4n) is 1.83. The van der Waals surface area contributed by atoms with Gasteiger partial charge in [-0.25, -0.2) is 13.2 Å². The highest BCUT2D eigenvalue weighted by atomic mass is 35.5. The lowest BCUT2D eigenvalue weighted by atomic mass is 10.0. The fourth-order valence-corrected chi connectivity index (χ4v) is 2.10. The Bertz CT molecular complexity index is 623. The first-order valence-electron chi connectivity index (χ1n) is 5.60. The highest BCUT2D eigenvalue weighted by molar-refractivity contribution is 6.32. The maximum atomic E-state index is 13.6. The molecule has 0 aliphatic heterocycles. The summed E-state index contributed by atoms with van der Waals surface area (Å²) < 4.78 is 45.0. The number of aliphatic hydroxyl groups excluding tert-OH is 1. The predicted molar refractivity (Wildman–Crippen MR) is 68.4 cm³/mol. The third-order valence-electron chi connectivity index (χ3n) is 2.81. The number of hydrogen-bond acceptors (Lipinski definition) is 2. The zero-order chi connectivity index (χ0) is 14.9.